The number of nitrogens with zero attached hydrogens (tertiary/aromatic N) is 1. The first kappa shape index (κ1) is 10.4. The van der Waals surface area contributed by atoms with Crippen LogP contribution in [0.15, 0.2) is 18.2 Å². The smallest absolute Gasteiger partial charge is 0.0427 e. The number of nitrogens with two attached hydrogens (primary N) is 1. The van der Waals surface area contributed by atoms with Crippen molar-refractivity contribution in [2.45, 2.75) is 13.0 Å². The number of nitrogens with one attached hydrogen (secondary N) is 1. The summed E-state index contributed by atoms with van der Waals surface area (Å²) in [6.45, 7) is 1.92. The molecule has 4 heteroatoms. The predicted octanol–water partition coefficient (Wildman–Crippen LogP) is 1.38. The summed E-state index contributed by atoms with van der Waals surface area (Å²) in [5, 5.41) is 0. The Morgan fingerprint density at radius 3 is 3.00 bits per heavy atom. The molecule has 0 aliphatic carbocycles. The number of hydrogen-bond acceptors (Lipinski definition) is 2. The van der Waals surface area contributed by atoms with Crippen LogP contribution < -0.4 is 5.73 Å². The zero-order valence-corrected chi connectivity index (χ0v) is 9.93. The number of fused-ring (bicyclic) bond motifs is 1. The summed E-state index contributed by atoms with van der Waals surface area (Å²) in [5.74, 6) is 0. The summed E-state index contributed by atoms with van der Waals surface area (Å²) in [6, 6.07) is 5.71. The summed E-state index contributed by atoms with van der Waals surface area (Å²) in [5.41, 5.74) is 8.52. The maximum atomic E-state index is 5.69. The van der Waals surface area contributed by atoms with Gasteiger partial charge in [-0.25, -0.2) is 0 Å². The van der Waals surface area contributed by atoms with Crippen LogP contribution in [0.4, 0.5) is 0 Å². The van der Waals surface area contributed by atoms with Crippen LogP contribution >= 0.6 is 0 Å². The van der Waals surface area contributed by atoms with Crippen LogP contribution in [0, 0.1) is 6.20 Å². The average molecular weight is 346 g/mol. The van der Waals surface area contributed by atoms with E-state index in [1.165, 1.54) is 0 Å². The molecule has 0 saturated heterocycles. The molecule has 69 valence electrons. The molecule has 2 heterocycles. The summed E-state index contributed by atoms with van der Waals surface area (Å²) in [6.07, 6.45) is 2.88. The molecule has 2 aromatic rings. The number of rotatable bonds is 1. The van der Waals surface area contributed by atoms with Crippen LogP contribution in [0.2, 0.25) is 0 Å². The molecule has 2 rings (SSSR count). The molecule has 1 unspecified atom stereocenters. The van der Waals surface area contributed by atoms with Gasteiger partial charge in [-0.3, -0.25) is 0 Å². The second-order valence-corrected chi connectivity index (χ2v) is 2.87. The molecule has 0 aromatic carbocycles. The summed E-state index contributed by atoms with van der Waals surface area (Å²) in [4.78, 5) is 7.30. The van der Waals surface area contributed by atoms with Gasteiger partial charge in [-0.2, -0.15) is 0 Å². The quantitative estimate of drug-likeness (QED) is 0.767. The standard InChI is InChI=1S/C9H10N3.Re/c1-6(10)7-2-3-8-9(12-7)4-5-11-8;/h2-4,6,11H,10H2,1H3;/q-1;. The monoisotopic (exact) mass is 347 g/mol. The van der Waals surface area contributed by atoms with Gasteiger partial charge < -0.3 is 15.7 Å². The molecule has 13 heavy (non-hydrogen) atoms. The van der Waals surface area contributed by atoms with E-state index in [4.69, 9.17) is 5.73 Å². The average Bonchev–Trinajstić information content (AvgIpc) is 2.49. The van der Waals surface area contributed by atoms with Gasteiger partial charge in [0.1, 0.15) is 0 Å². The van der Waals surface area contributed by atoms with E-state index in [0.29, 0.717) is 0 Å². The minimum atomic E-state index is -0.00991. The molecule has 0 amide bonds. The SMILES string of the molecule is CC(N)c1ccc2[nH][c-]cc2n1.[Re]. The van der Waals surface area contributed by atoms with Crippen LogP contribution in [0.3, 0.4) is 0 Å². The number of aromatic amines is 1. The van der Waals surface area contributed by atoms with E-state index in [-0.39, 0.29) is 26.5 Å². The molecule has 0 bridgehead atoms. The Labute approximate surface area is 90.4 Å². The Bertz CT molecular complexity index is 394. The van der Waals surface area contributed by atoms with Gasteiger partial charge in [-0.05, 0) is 6.92 Å². The first-order chi connectivity index (χ1) is 5.77. The Morgan fingerprint density at radius 2 is 2.31 bits per heavy atom. The Morgan fingerprint density at radius 1 is 1.54 bits per heavy atom. The van der Waals surface area contributed by atoms with Crippen molar-refractivity contribution in [3.8, 4) is 0 Å². The maximum Gasteiger partial charge on any atom is 0.0427 e. The third kappa shape index (κ3) is 1.97. The van der Waals surface area contributed by atoms with Gasteiger partial charge in [0.25, 0.3) is 0 Å². The van der Waals surface area contributed by atoms with E-state index in [1.54, 1.807) is 0 Å². The van der Waals surface area contributed by atoms with E-state index in [0.717, 1.165) is 16.7 Å². The van der Waals surface area contributed by atoms with Crippen LogP contribution in [-0.2, 0) is 20.4 Å². The third-order valence-electron chi connectivity index (χ3n) is 1.83. The van der Waals surface area contributed by atoms with E-state index < -0.39 is 0 Å². The number of hydrogen-bond donors (Lipinski definition) is 2. The molecule has 0 spiro atoms. The molecule has 0 aliphatic rings. The zero-order valence-electron chi connectivity index (χ0n) is 7.21. The molecule has 3 nitrogen and oxygen atoms in total. The largest absolute Gasteiger partial charge is 0.476 e. The number of H-pyrrole nitrogens is 1. The van der Waals surface area contributed by atoms with Gasteiger partial charge in [-0.15, -0.1) is 18.3 Å². The first-order valence-electron chi connectivity index (χ1n) is 3.88. The molecular formula is C9H10N3Re-. The van der Waals surface area contributed by atoms with Crippen LogP contribution in [0.1, 0.15) is 18.7 Å². The van der Waals surface area contributed by atoms with Crippen LogP contribution in [-0.4, -0.2) is 9.97 Å². The second kappa shape index (κ2) is 4.01. The molecule has 0 saturated carbocycles. The minimum Gasteiger partial charge on any atom is -0.476 e. The van der Waals surface area contributed by atoms with Crippen molar-refractivity contribution < 1.29 is 20.4 Å². The van der Waals surface area contributed by atoms with Crippen molar-refractivity contribution in [1.29, 1.82) is 0 Å². The molecule has 0 fully saturated rings. The molecule has 3 N–H and O–H groups in total. The number of pyridine rings is 1. The molecule has 2 aromatic heterocycles. The normalized spacial score (nSPS) is 12.5. The van der Waals surface area contributed by atoms with Crippen LogP contribution in [0.5, 0.6) is 0 Å². The fourth-order valence-electron chi connectivity index (χ4n) is 1.14. The zero-order chi connectivity index (χ0) is 8.55. The van der Waals surface area contributed by atoms with E-state index in [9.17, 15) is 0 Å². The van der Waals surface area contributed by atoms with Gasteiger partial charge in [0.15, 0.2) is 0 Å². The molecule has 1 radical (unpaired) electrons. The minimum absolute atomic E-state index is 0. The molecular weight excluding hydrogens is 336 g/mol. The summed E-state index contributed by atoms with van der Waals surface area (Å²) in [7, 11) is 0. The van der Waals surface area contributed by atoms with Crippen molar-refractivity contribution in [2.75, 3.05) is 0 Å². The third-order valence-corrected chi connectivity index (χ3v) is 1.83. The fraction of sp³-hybridized carbons (Fsp3) is 0.222. The van der Waals surface area contributed by atoms with Gasteiger partial charge in [0.05, 0.1) is 0 Å². The van der Waals surface area contributed by atoms with Crippen molar-refractivity contribution in [3.05, 3.63) is 30.1 Å². The van der Waals surface area contributed by atoms with Crippen molar-refractivity contribution in [3.63, 3.8) is 0 Å². The Hall–Kier alpha value is -0.688. The van der Waals surface area contributed by atoms with Crippen molar-refractivity contribution in [2.24, 2.45) is 5.73 Å². The van der Waals surface area contributed by atoms with E-state index >= 15 is 0 Å². The van der Waals surface area contributed by atoms with Crippen molar-refractivity contribution >= 4 is 11.0 Å². The molecule has 1 atom stereocenters. The Balaban J connectivity index is 0.000000845. The van der Waals surface area contributed by atoms with Gasteiger partial charge >= 0.3 is 0 Å². The van der Waals surface area contributed by atoms with Crippen LogP contribution in [0.25, 0.3) is 11.0 Å². The van der Waals surface area contributed by atoms with E-state index in [2.05, 4.69) is 16.2 Å². The van der Waals surface area contributed by atoms with E-state index in [1.807, 2.05) is 25.1 Å². The molecule has 0 aliphatic heterocycles. The van der Waals surface area contributed by atoms with Gasteiger partial charge in [-0.1, -0.05) is 17.1 Å². The summed E-state index contributed by atoms with van der Waals surface area (Å²) < 4.78 is 0. The summed E-state index contributed by atoms with van der Waals surface area (Å²) >= 11 is 0. The first-order valence-corrected chi connectivity index (χ1v) is 3.88. The maximum absolute atomic E-state index is 5.69. The van der Waals surface area contributed by atoms with Gasteiger partial charge in [0, 0.05) is 32.2 Å². The number of aromatic nitrogens is 2. The Kier molecular flexibility index (Phi) is 3.21. The second-order valence-electron chi connectivity index (χ2n) is 2.87. The predicted molar refractivity (Wildman–Crippen MR) is 47.5 cm³/mol. The van der Waals surface area contributed by atoms with Crippen molar-refractivity contribution in [1.82, 2.24) is 9.97 Å². The topological polar surface area (TPSA) is 54.7 Å². The fourth-order valence-corrected chi connectivity index (χ4v) is 1.14. The van der Waals surface area contributed by atoms with Gasteiger partial charge in [0.2, 0.25) is 0 Å².